The Balaban J connectivity index is 2.22. The maximum atomic E-state index is 10.8. The standard InChI is InChI=1S/C16H24N2O3/c1-2-3-10-17-11-4-5-14(12-19)16(17)13-6-8-15(9-7-13)18(20)21/h6-9,14,16,19H,2-5,10-12H2,1H3. The van der Waals surface area contributed by atoms with Crippen molar-refractivity contribution in [3.63, 3.8) is 0 Å². The van der Waals surface area contributed by atoms with Crippen LogP contribution in [0, 0.1) is 16.0 Å². The Kier molecular flexibility index (Phi) is 5.70. The van der Waals surface area contributed by atoms with E-state index in [-0.39, 0.29) is 29.2 Å². The van der Waals surface area contributed by atoms with Crippen molar-refractivity contribution in [3.8, 4) is 0 Å². The third-order valence-corrected chi connectivity index (χ3v) is 4.34. The van der Waals surface area contributed by atoms with E-state index < -0.39 is 0 Å². The van der Waals surface area contributed by atoms with Crippen LogP contribution < -0.4 is 0 Å². The van der Waals surface area contributed by atoms with Crippen molar-refractivity contribution >= 4 is 5.69 Å². The molecule has 1 aliphatic heterocycles. The number of aliphatic hydroxyl groups excluding tert-OH is 1. The molecule has 1 heterocycles. The van der Waals surface area contributed by atoms with Crippen LogP contribution >= 0.6 is 0 Å². The van der Waals surface area contributed by atoms with E-state index in [1.807, 2.05) is 12.1 Å². The van der Waals surface area contributed by atoms with Crippen LogP contribution in [0.5, 0.6) is 0 Å². The lowest BCUT2D eigenvalue weighted by Gasteiger charge is -2.41. The summed E-state index contributed by atoms with van der Waals surface area (Å²) in [5.41, 5.74) is 1.20. The van der Waals surface area contributed by atoms with Gasteiger partial charge < -0.3 is 5.11 Å². The second-order valence-electron chi connectivity index (χ2n) is 5.77. The maximum absolute atomic E-state index is 10.8. The van der Waals surface area contributed by atoms with E-state index in [1.165, 1.54) is 0 Å². The van der Waals surface area contributed by atoms with Crippen molar-refractivity contribution in [1.82, 2.24) is 4.90 Å². The van der Waals surface area contributed by atoms with Crippen LogP contribution in [-0.4, -0.2) is 34.6 Å². The Hall–Kier alpha value is -1.46. The zero-order valence-electron chi connectivity index (χ0n) is 12.6. The van der Waals surface area contributed by atoms with Crippen molar-refractivity contribution in [2.24, 2.45) is 5.92 Å². The zero-order chi connectivity index (χ0) is 15.2. The van der Waals surface area contributed by atoms with Gasteiger partial charge >= 0.3 is 0 Å². The number of aliphatic hydroxyl groups is 1. The summed E-state index contributed by atoms with van der Waals surface area (Å²) < 4.78 is 0. The van der Waals surface area contributed by atoms with Crippen molar-refractivity contribution < 1.29 is 10.0 Å². The van der Waals surface area contributed by atoms with Gasteiger partial charge in [0.15, 0.2) is 0 Å². The van der Waals surface area contributed by atoms with Gasteiger partial charge in [-0.3, -0.25) is 15.0 Å². The fourth-order valence-corrected chi connectivity index (χ4v) is 3.23. The van der Waals surface area contributed by atoms with Crippen molar-refractivity contribution in [2.45, 2.75) is 38.6 Å². The van der Waals surface area contributed by atoms with Gasteiger partial charge in [-0.05, 0) is 37.9 Å². The second kappa shape index (κ2) is 7.52. The number of piperidine rings is 1. The second-order valence-corrected chi connectivity index (χ2v) is 5.77. The highest BCUT2D eigenvalue weighted by atomic mass is 16.6. The molecule has 1 aliphatic rings. The van der Waals surface area contributed by atoms with Crippen molar-refractivity contribution in [3.05, 3.63) is 39.9 Å². The average molecular weight is 292 g/mol. The fraction of sp³-hybridized carbons (Fsp3) is 0.625. The van der Waals surface area contributed by atoms with E-state index in [0.717, 1.165) is 44.3 Å². The first-order chi connectivity index (χ1) is 10.2. The van der Waals surface area contributed by atoms with E-state index in [4.69, 9.17) is 0 Å². The average Bonchev–Trinajstić information content (AvgIpc) is 2.52. The normalized spacial score (nSPS) is 23.1. The summed E-state index contributed by atoms with van der Waals surface area (Å²) in [6.45, 7) is 4.41. The molecule has 2 unspecified atom stereocenters. The molecule has 1 saturated heterocycles. The quantitative estimate of drug-likeness (QED) is 0.646. The summed E-state index contributed by atoms with van der Waals surface area (Å²) in [4.78, 5) is 12.8. The smallest absolute Gasteiger partial charge is 0.269 e. The molecule has 1 N–H and O–H groups in total. The van der Waals surface area contributed by atoms with Gasteiger partial charge in [-0.15, -0.1) is 0 Å². The molecular formula is C16H24N2O3. The molecule has 1 aromatic rings. The molecule has 5 heteroatoms. The van der Waals surface area contributed by atoms with Gasteiger partial charge in [-0.1, -0.05) is 25.5 Å². The molecule has 0 aliphatic carbocycles. The lowest BCUT2D eigenvalue weighted by atomic mass is 9.85. The van der Waals surface area contributed by atoms with Gasteiger partial charge in [0.05, 0.1) is 4.92 Å². The number of nitro groups is 1. The van der Waals surface area contributed by atoms with Crippen LogP contribution in [0.1, 0.15) is 44.2 Å². The molecular weight excluding hydrogens is 268 g/mol. The molecule has 2 rings (SSSR count). The van der Waals surface area contributed by atoms with Crippen LogP contribution in [0.2, 0.25) is 0 Å². The van der Waals surface area contributed by atoms with Gasteiger partial charge in [0.1, 0.15) is 0 Å². The minimum Gasteiger partial charge on any atom is -0.396 e. The number of rotatable bonds is 6. The predicted molar refractivity (Wildman–Crippen MR) is 82.1 cm³/mol. The van der Waals surface area contributed by atoms with Gasteiger partial charge in [0.2, 0.25) is 0 Å². The Bertz CT molecular complexity index is 461. The first-order valence-corrected chi connectivity index (χ1v) is 7.76. The summed E-state index contributed by atoms with van der Waals surface area (Å²) in [6.07, 6.45) is 4.41. The largest absolute Gasteiger partial charge is 0.396 e. The van der Waals surface area contributed by atoms with E-state index in [1.54, 1.807) is 12.1 Å². The fourth-order valence-electron chi connectivity index (χ4n) is 3.23. The predicted octanol–water partition coefficient (Wildman–Crippen LogP) is 3.14. The number of hydrogen-bond donors (Lipinski definition) is 1. The molecule has 116 valence electrons. The number of likely N-dealkylation sites (tertiary alicyclic amines) is 1. The van der Waals surface area contributed by atoms with Crippen LogP contribution in [-0.2, 0) is 0 Å². The van der Waals surface area contributed by atoms with Crippen LogP contribution in [0.15, 0.2) is 24.3 Å². The molecule has 21 heavy (non-hydrogen) atoms. The van der Waals surface area contributed by atoms with Gasteiger partial charge in [0.25, 0.3) is 5.69 Å². The molecule has 1 aromatic carbocycles. The molecule has 0 saturated carbocycles. The highest BCUT2D eigenvalue weighted by Crippen LogP contribution is 2.36. The van der Waals surface area contributed by atoms with Crippen molar-refractivity contribution in [2.75, 3.05) is 19.7 Å². The number of non-ortho nitro benzene ring substituents is 1. The van der Waals surface area contributed by atoms with Gasteiger partial charge in [-0.25, -0.2) is 0 Å². The summed E-state index contributed by atoms with van der Waals surface area (Å²) in [6, 6.07) is 6.99. The highest BCUT2D eigenvalue weighted by Gasteiger charge is 2.31. The van der Waals surface area contributed by atoms with Crippen LogP contribution in [0.3, 0.4) is 0 Å². The molecule has 0 amide bonds. The zero-order valence-corrected chi connectivity index (χ0v) is 12.6. The van der Waals surface area contributed by atoms with Gasteiger partial charge in [0, 0.05) is 30.7 Å². The first-order valence-electron chi connectivity index (χ1n) is 7.76. The summed E-state index contributed by atoms with van der Waals surface area (Å²) in [5.74, 6) is 0.220. The monoisotopic (exact) mass is 292 g/mol. The topological polar surface area (TPSA) is 66.6 Å². The summed E-state index contributed by atoms with van der Waals surface area (Å²) in [5, 5.41) is 20.4. The SMILES string of the molecule is CCCCN1CCCC(CO)C1c1ccc([N+](=O)[O-])cc1. The lowest BCUT2D eigenvalue weighted by Crippen LogP contribution is -2.40. The Morgan fingerprint density at radius 1 is 1.38 bits per heavy atom. The Morgan fingerprint density at radius 3 is 2.67 bits per heavy atom. The number of hydrogen-bond acceptors (Lipinski definition) is 4. The van der Waals surface area contributed by atoms with Crippen molar-refractivity contribution in [1.29, 1.82) is 0 Å². The number of benzene rings is 1. The third-order valence-electron chi connectivity index (χ3n) is 4.34. The lowest BCUT2D eigenvalue weighted by molar-refractivity contribution is -0.384. The summed E-state index contributed by atoms with van der Waals surface area (Å²) >= 11 is 0. The highest BCUT2D eigenvalue weighted by molar-refractivity contribution is 5.34. The molecule has 1 fully saturated rings. The van der Waals surface area contributed by atoms with E-state index in [0.29, 0.717) is 0 Å². The van der Waals surface area contributed by atoms with E-state index in [2.05, 4.69) is 11.8 Å². The molecule has 0 aromatic heterocycles. The van der Waals surface area contributed by atoms with Crippen LogP contribution in [0.4, 0.5) is 5.69 Å². The van der Waals surface area contributed by atoms with Crippen LogP contribution in [0.25, 0.3) is 0 Å². The Labute approximate surface area is 125 Å². The van der Waals surface area contributed by atoms with E-state index >= 15 is 0 Å². The first kappa shape index (κ1) is 15.9. The Morgan fingerprint density at radius 2 is 2.10 bits per heavy atom. The molecule has 0 bridgehead atoms. The summed E-state index contributed by atoms with van der Waals surface area (Å²) in [7, 11) is 0. The molecule has 5 nitrogen and oxygen atoms in total. The molecule has 0 spiro atoms. The molecule has 0 radical (unpaired) electrons. The number of unbranched alkanes of at least 4 members (excludes halogenated alkanes) is 1. The van der Waals surface area contributed by atoms with Gasteiger partial charge in [-0.2, -0.15) is 0 Å². The minimum absolute atomic E-state index is 0.121. The third kappa shape index (κ3) is 3.80. The molecule has 2 atom stereocenters. The minimum atomic E-state index is -0.372. The maximum Gasteiger partial charge on any atom is 0.269 e. The number of nitrogens with zero attached hydrogens (tertiary/aromatic N) is 2. The number of nitro benzene ring substituents is 1. The van der Waals surface area contributed by atoms with E-state index in [9.17, 15) is 15.2 Å².